The highest BCUT2D eigenvalue weighted by molar-refractivity contribution is 6.04. The molecule has 1 amide bonds. The van der Waals surface area contributed by atoms with Crippen molar-refractivity contribution in [1.82, 2.24) is 20.1 Å². The van der Waals surface area contributed by atoms with E-state index in [2.05, 4.69) is 10.4 Å². The first-order chi connectivity index (χ1) is 16.3. The third kappa shape index (κ3) is 4.96. The average molecular weight is 461 g/mol. The van der Waals surface area contributed by atoms with Crippen LogP contribution in [-0.2, 0) is 9.53 Å². The number of fused-ring (bicyclic) bond motifs is 1. The first-order valence-corrected chi connectivity index (χ1v) is 11.0. The summed E-state index contributed by atoms with van der Waals surface area (Å²) in [5.74, 6) is -1.45. The largest absolute Gasteiger partial charge is 0.452 e. The number of pyridine rings is 1. The van der Waals surface area contributed by atoms with Gasteiger partial charge in [-0.2, -0.15) is 5.10 Å². The summed E-state index contributed by atoms with van der Waals surface area (Å²) in [5.41, 5.74) is 3.05. The Hall–Kier alpha value is -4.07. The fourth-order valence-corrected chi connectivity index (χ4v) is 3.65. The molecule has 2 aromatic heterocycles. The summed E-state index contributed by atoms with van der Waals surface area (Å²) in [6, 6.07) is 16.7. The molecule has 1 unspecified atom stereocenters. The number of amides is 1. The number of hydrogen-bond donors (Lipinski definition) is 1. The first kappa shape index (κ1) is 23.1. The van der Waals surface area contributed by atoms with Crippen LogP contribution >= 0.6 is 0 Å². The predicted octanol–water partition coefficient (Wildman–Crippen LogP) is 4.85. The van der Waals surface area contributed by atoms with E-state index in [9.17, 15) is 14.0 Å². The highest BCUT2D eigenvalue weighted by Gasteiger charge is 2.21. The van der Waals surface area contributed by atoms with Crippen molar-refractivity contribution in [3.63, 3.8) is 0 Å². The Balaban J connectivity index is 1.54. The Morgan fingerprint density at radius 1 is 1.06 bits per heavy atom. The second-order valence-corrected chi connectivity index (χ2v) is 8.26. The van der Waals surface area contributed by atoms with Crippen molar-refractivity contribution in [2.75, 3.05) is 6.61 Å². The number of carbonyl (C=O) groups is 2. The van der Waals surface area contributed by atoms with Crippen LogP contribution in [0.4, 0.5) is 4.39 Å². The van der Waals surface area contributed by atoms with Crippen molar-refractivity contribution in [3.8, 4) is 11.3 Å². The molecule has 0 bridgehead atoms. The van der Waals surface area contributed by atoms with Gasteiger partial charge in [0.1, 0.15) is 5.82 Å². The van der Waals surface area contributed by atoms with Crippen LogP contribution in [0.5, 0.6) is 0 Å². The highest BCUT2D eigenvalue weighted by Crippen LogP contribution is 2.27. The van der Waals surface area contributed by atoms with Gasteiger partial charge in [0, 0.05) is 11.6 Å². The minimum atomic E-state index is -0.641. The summed E-state index contributed by atoms with van der Waals surface area (Å²) in [6.45, 7) is 5.28. The molecule has 174 valence electrons. The Morgan fingerprint density at radius 3 is 2.44 bits per heavy atom. The van der Waals surface area contributed by atoms with Gasteiger partial charge in [0.15, 0.2) is 12.3 Å². The maximum Gasteiger partial charge on any atom is 0.339 e. The van der Waals surface area contributed by atoms with E-state index in [1.165, 1.54) is 12.1 Å². The molecule has 34 heavy (non-hydrogen) atoms. The summed E-state index contributed by atoms with van der Waals surface area (Å²) in [4.78, 5) is 30.1. The third-order valence-electron chi connectivity index (χ3n) is 5.43. The standard InChI is InChI=1S/C26H25FN4O3/c1-16(2)31-25-22(14-28-31)21(13-23(30-25)19-7-5-4-6-8-19)26(33)34-15-24(32)29-17(3)18-9-11-20(27)12-10-18/h4-14,16-17H,15H2,1-3H3,(H,29,32). The Labute approximate surface area is 196 Å². The molecular weight excluding hydrogens is 435 g/mol. The van der Waals surface area contributed by atoms with E-state index in [0.29, 0.717) is 16.7 Å². The van der Waals surface area contributed by atoms with E-state index < -0.39 is 18.5 Å². The van der Waals surface area contributed by atoms with E-state index in [-0.39, 0.29) is 23.5 Å². The number of halogens is 1. The molecule has 0 aliphatic rings. The topological polar surface area (TPSA) is 86.1 Å². The number of benzene rings is 2. The van der Waals surface area contributed by atoms with Crippen LogP contribution in [0.15, 0.2) is 66.9 Å². The molecule has 0 aliphatic heterocycles. The molecule has 0 aliphatic carbocycles. The van der Waals surface area contributed by atoms with E-state index in [1.54, 1.807) is 36.0 Å². The third-order valence-corrected chi connectivity index (χ3v) is 5.43. The summed E-state index contributed by atoms with van der Waals surface area (Å²) in [7, 11) is 0. The summed E-state index contributed by atoms with van der Waals surface area (Å²) >= 11 is 0. The van der Waals surface area contributed by atoms with Crippen LogP contribution in [0.25, 0.3) is 22.3 Å². The Morgan fingerprint density at radius 2 is 1.76 bits per heavy atom. The first-order valence-electron chi connectivity index (χ1n) is 11.0. The molecular formula is C26H25FN4O3. The summed E-state index contributed by atoms with van der Waals surface area (Å²) in [6.07, 6.45) is 1.59. The van der Waals surface area contributed by atoms with Gasteiger partial charge in [-0.3, -0.25) is 4.79 Å². The molecule has 2 heterocycles. The highest BCUT2D eigenvalue weighted by atomic mass is 19.1. The zero-order valence-corrected chi connectivity index (χ0v) is 19.2. The van der Waals surface area contributed by atoms with Crippen molar-refractivity contribution < 1.29 is 18.7 Å². The molecule has 7 nitrogen and oxygen atoms in total. The van der Waals surface area contributed by atoms with E-state index in [1.807, 2.05) is 44.2 Å². The number of nitrogens with zero attached hydrogens (tertiary/aromatic N) is 3. The van der Waals surface area contributed by atoms with Gasteiger partial charge in [0.2, 0.25) is 0 Å². The molecule has 0 radical (unpaired) electrons. The Bertz CT molecular complexity index is 1320. The lowest BCUT2D eigenvalue weighted by atomic mass is 10.1. The summed E-state index contributed by atoms with van der Waals surface area (Å²) < 4.78 is 20.2. The lowest BCUT2D eigenvalue weighted by Crippen LogP contribution is -2.31. The van der Waals surface area contributed by atoms with Gasteiger partial charge in [-0.1, -0.05) is 42.5 Å². The van der Waals surface area contributed by atoms with Gasteiger partial charge in [-0.15, -0.1) is 0 Å². The van der Waals surface area contributed by atoms with Crippen LogP contribution < -0.4 is 5.32 Å². The van der Waals surface area contributed by atoms with Gasteiger partial charge in [-0.25, -0.2) is 18.9 Å². The second kappa shape index (κ2) is 9.82. The van der Waals surface area contributed by atoms with Crippen molar-refractivity contribution in [2.45, 2.75) is 32.9 Å². The second-order valence-electron chi connectivity index (χ2n) is 8.26. The van der Waals surface area contributed by atoms with E-state index in [0.717, 1.165) is 11.1 Å². The van der Waals surface area contributed by atoms with Crippen molar-refractivity contribution >= 4 is 22.9 Å². The minimum Gasteiger partial charge on any atom is -0.452 e. The van der Waals surface area contributed by atoms with Crippen LogP contribution in [0.3, 0.4) is 0 Å². The molecule has 8 heteroatoms. The molecule has 0 spiro atoms. The number of ether oxygens (including phenoxy) is 1. The zero-order valence-electron chi connectivity index (χ0n) is 19.2. The Kier molecular flexibility index (Phi) is 6.67. The fourth-order valence-electron chi connectivity index (χ4n) is 3.65. The van der Waals surface area contributed by atoms with Crippen LogP contribution in [0.2, 0.25) is 0 Å². The molecule has 0 fully saturated rings. The normalized spacial score (nSPS) is 12.0. The molecule has 2 aromatic carbocycles. The molecule has 1 atom stereocenters. The quantitative estimate of drug-likeness (QED) is 0.399. The zero-order chi connectivity index (χ0) is 24.2. The van der Waals surface area contributed by atoms with E-state index in [4.69, 9.17) is 9.72 Å². The molecule has 4 aromatic rings. The van der Waals surface area contributed by atoms with Crippen LogP contribution in [0, 0.1) is 5.82 Å². The minimum absolute atomic E-state index is 0.0404. The van der Waals surface area contributed by atoms with Gasteiger partial charge >= 0.3 is 5.97 Å². The van der Waals surface area contributed by atoms with Gasteiger partial charge in [0.25, 0.3) is 5.91 Å². The van der Waals surface area contributed by atoms with Gasteiger partial charge in [-0.05, 0) is 44.5 Å². The average Bonchev–Trinajstić information content (AvgIpc) is 3.27. The SMILES string of the molecule is CC(NC(=O)COC(=O)c1cc(-c2ccccc2)nc2c1cnn2C(C)C)c1ccc(F)cc1. The number of nitrogens with one attached hydrogen (secondary N) is 1. The monoisotopic (exact) mass is 460 g/mol. The maximum absolute atomic E-state index is 13.1. The fraction of sp³-hybridized carbons (Fsp3) is 0.231. The number of aromatic nitrogens is 3. The van der Waals surface area contributed by atoms with Crippen LogP contribution in [0.1, 0.15) is 48.8 Å². The maximum atomic E-state index is 13.1. The number of esters is 1. The number of rotatable bonds is 7. The van der Waals surface area contributed by atoms with Gasteiger partial charge < -0.3 is 10.1 Å². The van der Waals surface area contributed by atoms with Crippen molar-refractivity contribution in [1.29, 1.82) is 0 Å². The smallest absolute Gasteiger partial charge is 0.339 e. The van der Waals surface area contributed by atoms with Crippen LogP contribution in [-0.4, -0.2) is 33.2 Å². The van der Waals surface area contributed by atoms with Crippen molar-refractivity contribution in [3.05, 3.63) is 83.8 Å². The molecule has 0 saturated carbocycles. The molecule has 1 N–H and O–H groups in total. The van der Waals surface area contributed by atoms with Gasteiger partial charge in [0.05, 0.1) is 28.9 Å². The van der Waals surface area contributed by atoms with E-state index >= 15 is 0 Å². The lowest BCUT2D eigenvalue weighted by Gasteiger charge is -2.15. The number of hydrogen-bond acceptors (Lipinski definition) is 5. The number of carbonyl (C=O) groups excluding carboxylic acids is 2. The summed E-state index contributed by atoms with van der Waals surface area (Å²) in [5, 5.41) is 7.69. The van der Waals surface area contributed by atoms with Crippen molar-refractivity contribution in [2.24, 2.45) is 0 Å². The molecule has 0 saturated heterocycles. The molecule has 4 rings (SSSR count). The lowest BCUT2D eigenvalue weighted by molar-refractivity contribution is -0.124. The predicted molar refractivity (Wildman–Crippen MR) is 127 cm³/mol.